The highest BCUT2D eigenvalue weighted by atomic mass is 32.2. The molecule has 3 N–H and O–H groups in total. The number of rotatable bonds is 8. The summed E-state index contributed by atoms with van der Waals surface area (Å²) in [4.78, 5) is 23.5. The third-order valence-electron chi connectivity index (χ3n) is 3.32. The lowest BCUT2D eigenvalue weighted by atomic mass is 10.4. The summed E-state index contributed by atoms with van der Waals surface area (Å²) >= 11 is 0.881. The molecule has 148 valence electrons. The fourth-order valence-electron chi connectivity index (χ4n) is 2.20. The first-order valence-electron chi connectivity index (χ1n) is 8.16. The van der Waals surface area contributed by atoms with Gasteiger partial charge >= 0.3 is 0 Å². The quantitative estimate of drug-likeness (QED) is 0.452. The van der Waals surface area contributed by atoms with Crippen LogP contribution in [0.1, 0.15) is 12.7 Å². The molecule has 3 heterocycles. The number of aromatic nitrogens is 5. The molecule has 3 aromatic heterocycles. The van der Waals surface area contributed by atoms with Crippen LogP contribution in [0.25, 0.3) is 5.82 Å². The SMILES string of the molecule is CC(=O)Nc1ncc(S(=O)(=O)NCCNc2cc(-n3cccn3)nc(C)n2)s1. The fraction of sp³-hybridized carbons (Fsp3) is 0.267. The Labute approximate surface area is 165 Å². The Morgan fingerprint density at radius 3 is 2.82 bits per heavy atom. The topological polar surface area (TPSA) is 144 Å². The Morgan fingerprint density at radius 1 is 1.29 bits per heavy atom. The lowest BCUT2D eigenvalue weighted by Crippen LogP contribution is -2.28. The number of thiazole rings is 1. The molecule has 1 amide bonds. The average Bonchev–Trinajstić information content (AvgIpc) is 3.30. The molecule has 0 atom stereocenters. The van der Waals surface area contributed by atoms with Crippen LogP contribution in [0.5, 0.6) is 0 Å². The zero-order chi connectivity index (χ0) is 20.1. The average molecular weight is 422 g/mol. The van der Waals surface area contributed by atoms with Crippen LogP contribution in [0.2, 0.25) is 0 Å². The molecule has 0 unspecified atom stereocenters. The number of hydrogen-bond acceptors (Lipinski definition) is 9. The smallest absolute Gasteiger partial charge is 0.251 e. The van der Waals surface area contributed by atoms with Crippen molar-refractivity contribution in [3.8, 4) is 5.82 Å². The van der Waals surface area contributed by atoms with Crippen LogP contribution in [-0.4, -0.2) is 52.1 Å². The van der Waals surface area contributed by atoms with Gasteiger partial charge in [0.2, 0.25) is 5.91 Å². The molecule has 0 aromatic carbocycles. The van der Waals surface area contributed by atoms with Gasteiger partial charge in [0.1, 0.15) is 11.6 Å². The van der Waals surface area contributed by atoms with Gasteiger partial charge in [-0.05, 0) is 13.0 Å². The van der Waals surface area contributed by atoms with Crippen LogP contribution >= 0.6 is 11.3 Å². The van der Waals surface area contributed by atoms with E-state index in [1.807, 2.05) is 0 Å². The maximum atomic E-state index is 12.3. The minimum absolute atomic E-state index is 0.0232. The summed E-state index contributed by atoms with van der Waals surface area (Å²) in [6.07, 6.45) is 4.62. The van der Waals surface area contributed by atoms with Gasteiger partial charge in [-0.25, -0.2) is 32.8 Å². The van der Waals surface area contributed by atoms with Crippen molar-refractivity contribution in [3.63, 3.8) is 0 Å². The van der Waals surface area contributed by atoms with Gasteiger partial charge in [0, 0.05) is 38.5 Å². The van der Waals surface area contributed by atoms with Crippen LogP contribution in [0.15, 0.2) is 34.9 Å². The minimum atomic E-state index is -3.71. The maximum absolute atomic E-state index is 12.3. The molecule has 3 aromatic rings. The summed E-state index contributed by atoms with van der Waals surface area (Å²) in [5, 5.41) is 9.86. The fourth-order valence-corrected chi connectivity index (χ4v) is 4.36. The number of carbonyl (C=O) groups excluding carboxylic acids is 1. The Kier molecular flexibility index (Phi) is 5.96. The van der Waals surface area contributed by atoms with E-state index in [1.165, 1.54) is 13.1 Å². The molecule has 0 aliphatic carbocycles. The predicted molar refractivity (Wildman–Crippen MR) is 104 cm³/mol. The Morgan fingerprint density at radius 2 is 2.11 bits per heavy atom. The highest BCUT2D eigenvalue weighted by Crippen LogP contribution is 2.22. The van der Waals surface area contributed by atoms with E-state index in [0.717, 1.165) is 11.3 Å². The number of aryl methyl sites for hydroxylation is 1. The number of nitrogens with zero attached hydrogens (tertiary/aromatic N) is 5. The monoisotopic (exact) mass is 422 g/mol. The summed E-state index contributed by atoms with van der Waals surface area (Å²) in [6.45, 7) is 3.53. The minimum Gasteiger partial charge on any atom is -0.369 e. The van der Waals surface area contributed by atoms with E-state index < -0.39 is 10.0 Å². The molecule has 0 bridgehead atoms. The molecular weight excluding hydrogens is 404 g/mol. The largest absolute Gasteiger partial charge is 0.369 e. The number of carbonyl (C=O) groups is 1. The van der Waals surface area contributed by atoms with Crippen molar-refractivity contribution in [2.75, 3.05) is 23.7 Å². The molecule has 0 spiro atoms. The summed E-state index contributed by atoms with van der Waals surface area (Å²) in [7, 11) is -3.71. The standard InChI is InChI=1S/C15H18N8O3S2/c1-10-20-12(8-13(21-10)23-7-3-4-18-23)16-5-6-19-28(25,26)14-9-17-15(27-14)22-11(2)24/h3-4,7-9,19H,5-6H2,1-2H3,(H,16,20,21)(H,17,22,24). The van der Waals surface area contributed by atoms with E-state index in [1.54, 1.807) is 36.1 Å². The third-order valence-corrected chi connectivity index (χ3v) is 6.15. The second kappa shape index (κ2) is 8.41. The molecule has 0 radical (unpaired) electrons. The second-order valence-electron chi connectivity index (χ2n) is 5.60. The van der Waals surface area contributed by atoms with Crippen molar-refractivity contribution in [1.29, 1.82) is 0 Å². The molecule has 13 heteroatoms. The number of sulfonamides is 1. The highest BCUT2D eigenvalue weighted by molar-refractivity contribution is 7.91. The van der Waals surface area contributed by atoms with E-state index in [2.05, 4.69) is 35.4 Å². The van der Waals surface area contributed by atoms with E-state index in [4.69, 9.17) is 0 Å². The van der Waals surface area contributed by atoms with Crippen molar-refractivity contribution in [2.24, 2.45) is 0 Å². The van der Waals surface area contributed by atoms with Gasteiger partial charge in [-0.1, -0.05) is 11.3 Å². The van der Waals surface area contributed by atoms with E-state index in [-0.39, 0.29) is 21.8 Å². The van der Waals surface area contributed by atoms with Crippen molar-refractivity contribution in [2.45, 2.75) is 18.1 Å². The van der Waals surface area contributed by atoms with Crippen LogP contribution in [0.4, 0.5) is 10.9 Å². The highest BCUT2D eigenvalue weighted by Gasteiger charge is 2.17. The molecule has 3 rings (SSSR count). The van der Waals surface area contributed by atoms with Gasteiger partial charge in [-0.2, -0.15) is 5.10 Å². The van der Waals surface area contributed by atoms with Gasteiger partial charge in [-0.15, -0.1) is 0 Å². The van der Waals surface area contributed by atoms with Crippen LogP contribution < -0.4 is 15.4 Å². The van der Waals surface area contributed by atoms with Gasteiger partial charge in [0.25, 0.3) is 10.0 Å². The zero-order valence-electron chi connectivity index (χ0n) is 15.1. The third kappa shape index (κ3) is 5.09. The van der Waals surface area contributed by atoms with Gasteiger partial charge in [0.15, 0.2) is 15.2 Å². The normalized spacial score (nSPS) is 11.4. The summed E-state index contributed by atoms with van der Waals surface area (Å²) in [5.74, 6) is 1.41. The van der Waals surface area contributed by atoms with Gasteiger partial charge < -0.3 is 10.6 Å². The number of anilines is 2. The summed E-state index contributed by atoms with van der Waals surface area (Å²) in [6, 6.07) is 3.51. The number of hydrogen-bond donors (Lipinski definition) is 3. The Balaban J connectivity index is 1.57. The van der Waals surface area contributed by atoms with E-state index >= 15 is 0 Å². The number of nitrogens with one attached hydrogen (secondary N) is 3. The predicted octanol–water partition coefficient (Wildman–Crippen LogP) is 0.776. The van der Waals surface area contributed by atoms with E-state index in [0.29, 0.717) is 24.0 Å². The molecule has 0 aliphatic heterocycles. The lowest BCUT2D eigenvalue weighted by molar-refractivity contribution is -0.114. The first-order chi connectivity index (χ1) is 13.3. The molecule has 0 saturated carbocycles. The Bertz CT molecular complexity index is 1060. The van der Waals surface area contributed by atoms with E-state index in [9.17, 15) is 13.2 Å². The molecule has 0 fully saturated rings. The van der Waals surface area contributed by atoms with Crippen LogP contribution in [-0.2, 0) is 14.8 Å². The first-order valence-corrected chi connectivity index (χ1v) is 10.5. The molecule has 11 nitrogen and oxygen atoms in total. The Hall–Kier alpha value is -2.90. The van der Waals surface area contributed by atoms with Crippen LogP contribution in [0.3, 0.4) is 0 Å². The molecule has 28 heavy (non-hydrogen) atoms. The zero-order valence-corrected chi connectivity index (χ0v) is 16.7. The van der Waals surface area contributed by atoms with Crippen molar-refractivity contribution in [1.82, 2.24) is 29.5 Å². The maximum Gasteiger partial charge on any atom is 0.251 e. The summed E-state index contributed by atoms with van der Waals surface area (Å²) in [5.41, 5.74) is 0. The van der Waals surface area contributed by atoms with Gasteiger partial charge in [-0.3, -0.25) is 4.79 Å². The molecule has 0 saturated heterocycles. The summed E-state index contributed by atoms with van der Waals surface area (Å²) < 4.78 is 28.7. The first kappa shape index (κ1) is 19.9. The molecular formula is C15H18N8O3S2. The van der Waals surface area contributed by atoms with Crippen molar-refractivity contribution >= 4 is 38.2 Å². The van der Waals surface area contributed by atoms with Crippen LogP contribution in [0, 0.1) is 6.92 Å². The lowest BCUT2D eigenvalue weighted by Gasteiger charge is -2.09. The van der Waals surface area contributed by atoms with Gasteiger partial charge in [0.05, 0.1) is 6.20 Å². The molecule has 0 aliphatic rings. The second-order valence-corrected chi connectivity index (χ2v) is 8.62. The van der Waals surface area contributed by atoms with Crippen molar-refractivity contribution < 1.29 is 13.2 Å². The van der Waals surface area contributed by atoms with Crippen molar-refractivity contribution in [3.05, 3.63) is 36.5 Å². The number of amides is 1.